The number of carbonyl (C=O) groups is 1. The number of carbonyl (C=O) groups excluding carboxylic acids is 1. The number of hydrogen-bond donors (Lipinski definition) is 2. The average molecular weight is 626 g/mol. The van der Waals surface area contributed by atoms with Gasteiger partial charge in [0, 0.05) is 19.9 Å². The van der Waals surface area contributed by atoms with E-state index in [2.05, 4.69) is 37.2 Å². The lowest BCUT2D eigenvalue weighted by atomic mass is 10.1. The summed E-state index contributed by atoms with van der Waals surface area (Å²) in [7, 11) is -3.71. The Bertz CT molecular complexity index is 1470. The van der Waals surface area contributed by atoms with Gasteiger partial charge in [-0.25, -0.2) is 8.42 Å². The standard InChI is InChI=1S/C22H14Br2N2O6S2/c23-15-2-1-3-16(24)14(15)11-34(31,32)13-5-7-20-17(10-13)25-22(28)21(33-20)9-12-4-6-19(27)18(8-12)26(29)30/h1-10,27H,11H2,(H,25,28)/b21-9+. The topological polar surface area (TPSA) is 127 Å². The van der Waals surface area contributed by atoms with Crippen molar-refractivity contribution in [2.75, 3.05) is 5.32 Å². The fourth-order valence-corrected chi connectivity index (χ4v) is 7.22. The van der Waals surface area contributed by atoms with Crippen molar-refractivity contribution in [2.24, 2.45) is 0 Å². The Morgan fingerprint density at radius 3 is 2.47 bits per heavy atom. The Morgan fingerprint density at radius 2 is 1.79 bits per heavy atom. The SMILES string of the molecule is O=C1Nc2cc(S(=O)(=O)Cc3c(Br)cccc3Br)ccc2S/C1=C/c1ccc(O)c([N+](=O)[O-])c1. The Hall–Kier alpha value is -2.67. The van der Waals surface area contributed by atoms with E-state index in [4.69, 9.17) is 0 Å². The number of sulfone groups is 1. The van der Waals surface area contributed by atoms with Crippen LogP contribution in [0, 0.1) is 10.1 Å². The van der Waals surface area contributed by atoms with E-state index < -0.39 is 32.1 Å². The number of aromatic hydroxyl groups is 1. The summed E-state index contributed by atoms with van der Waals surface area (Å²) in [5.41, 5.74) is 0.842. The minimum atomic E-state index is -3.71. The number of fused-ring (bicyclic) bond motifs is 1. The quantitative estimate of drug-likeness (QED) is 0.206. The lowest BCUT2D eigenvalue weighted by molar-refractivity contribution is -0.385. The lowest BCUT2D eigenvalue weighted by Crippen LogP contribution is -2.18. The highest BCUT2D eigenvalue weighted by atomic mass is 79.9. The third-order valence-electron chi connectivity index (χ3n) is 4.89. The van der Waals surface area contributed by atoms with Gasteiger partial charge in [0.1, 0.15) is 0 Å². The molecule has 2 N–H and O–H groups in total. The zero-order valence-electron chi connectivity index (χ0n) is 17.0. The molecule has 0 bridgehead atoms. The summed E-state index contributed by atoms with van der Waals surface area (Å²) in [6.07, 6.45) is 1.46. The number of benzene rings is 3. The van der Waals surface area contributed by atoms with Crippen molar-refractivity contribution < 1.29 is 23.2 Å². The van der Waals surface area contributed by atoms with Crippen LogP contribution >= 0.6 is 43.6 Å². The minimum Gasteiger partial charge on any atom is -0.502 e. The third kappa shape index (κ3) is 5.04. The van der Waals surface area contributed by atoms with E-state index in [1.807, 2.05) is 0 Å². The second-order valence-electron chi connectivity index (χ2n) is 7.19. The molecule has 3 aromatic rings. The number of nitrogens with one attached hydrogen (secondary N) is 1. The van der Waals surface area contributed by atoms with Gasteiger partial charge in [0.25, 0.3) is 5.91 Å². The molecular formula is C22H14Br2N2O6S2. The monoisotopic (exact) mass is 624 g/mol. The van der Waals surface area contributed by atoms with Crippen LogP contribution in [-0.4, -0.2) is 24.4 Å². The van der Waals surface area contributed by atoms with Crippen LogP contribution in [0.15, 0.2) is 78.2 Å². The second-order valence-corrected chi connectivity index (χ2v) is 12.0. The van der Waals surface area contributed by atoms with Gasteiger partial charge in [-0.2, -0.15) is 0 Å². The van der Waals surface area contributed by atoms with Gasteiger partial charge < -0.3 is 10.4 Å². The van der Waals surface area contributed by atoms with Crippen molar-refractivity contribution >= 4 is 76.8 Å². The largest absolute Gasteiger partial charge is 0.502 e. The van der Waals surface area contributed by atoms with Gasteiger partial charge >= 0.3 is 5.69 Å². The van der Waals surface area contributed by atoms with Crippen molar-refractivity contribution in [3.05, 3.63) is 89.7 Å². The number of nitro groups is 1. The number of phenols is 1. The van der Waals surface area contributed by atoms with Crippen LogP contribution in [0.2, 0.25) is 0 Å². The molecule has 0 saturated carbocycles. The van der Waals surface area contributed by atoms with Gasteiger partial charge in [0.15, 0.2) is 15.6 Å². The first-order valence-corrected chi connectivity index (χ1v) is 13.6. The zero-order chi connectivity index (χ0) is 24.6. The first-order valence-electron chi connectivity index (χ1n) is 9.53. The van der Waals surface area contributed by atoms with Gasteiger partial charge in [-0.3, -0.25) is 14.9 Å². The minimum absolute atomic E-state index is 0.0661. The Balaban J connectivity index is 1.62. The van der Waals surface area contributed by atoms with Gasteiger partial charge in [-0.05, 0) is 53.6 Å². The smallest absolute Gasteiger partial charge is 0.311 e. The van der Waals surface area contributed by atoms with E-state index in [1.54, 1.807) is 24.3 Å². The van der Waals surface area contributed by atoms with Crippen LogP contribution in [0.3, 0.4) is 0 Å². The highest BCUT2D eigenvalue weighted by molar-refractivity contribution is 9.11. The Morgan fingerprint density at radius 1 is 1.09 bits per heavy atom. The van der Waals surface area contributed by atoms with E-state index in [9.17, 15) is 28.4 Å². The lowest BCUT2D eigenvalue weighted by Gasteiger charge is -2.19. The van der Waals surface area contributed by atoms with Crippen LogP contribution in [-0.2, 0) is 20.4 Å². The zero-order valence-corrected chi connectivity index (χ0v) is 21.8. The summed E-state index contributed by atoms with van der Waals surface area (Å²) in [6, 6.07) is 13.6. The molecule has 0 aromatic heterocycles. The summed E-state index contributed by atoms with van der Waals surface area (Å²) in [4.78, 5) is 23.9. The maximum atomic E-state index is 13.0. The van der Waals surface area contributed by atoms with E-state index >= 15 is 0 Å². The molecule has 3 aromatic carbocycles. The van der Waals surface area contributed by atoms with E-state index in [0.29, 0.717) is 30.7 Å². The molecule has 1 amide bonds. The van der Waals surface area contributed by atoms with Crippen molar-refractivity contribution in [1.29, 1.82) is 0 Å². The van der Waals surface area contributed by atoms with Gasteiger partial charge in [0.2, 0.25) is 0 Å². The molecule has 0 fully saturated rings. The molecule has 1 aliphatic heterocycles. The Labute approximate surface area is 215 Å². The average Bonchev–Trinajstić information content (AvgIpc) is 2.77. The molecule has 0 atom stereocenters. The van der Waals surface area contributed by atoms with Crippen LogP contribution in [0.5, 0.6) is 5.75 Å². The number of hydrogen-bond acceptors (Lipinski definition) is 7. The Kier molecular flexibility index (Phi) is 6.85. The highest BCUT2D eigenvalue weighted by Gasteiger charge is 2.25. The van der Waals surface area contributed by atoms with Crippen molar-refractivity contribution in [1.82, 2.24) is 0 Å². The number of rotatable bonds is 5. The first-order chi connectivity index (χ1) is 16.0. The molecule has 1 heterocycles. The summed E-state index contributed by atoms with van der Waals surface area (Å²) in [6.45, 7) is 0. The molecule has 0 saturated heterocycles. The number of nitrogens with zero attached hydrogens (tertiary/aromatic N) is 1. The molecule has 34 heavy (non-hydrogen) atoms. The number of phenolic OH excluding ortho intramolecular Hbond substituents is 1. The maximum Gasteiger partial charge on any atom is 0.311 e. The number of nitro benzene ring substituents is 1. The maximum absolute atomic E-state index is 13.0. The third-order valence-corrected chi connectivity index (χ3v) is 9.12. The van der Waals surface area contributed by atoms with Crippen LogP contribution in [0.1, 0.15) is 11.1 Å². The molecule has 0 radical (unpaired) electrons. The second kappa shape index (κ2) is 9.53. The fourth-order valence-electron chi connectivity index (χ4n) is 3.20. The van der Waals surface area contributed by atoms with E-state index in [-0.39, 0.29) is 15.6 Å². The molecule has 1 aliphatic rings. The molecule has 12 heteroatoms. The van der Waals surface area contributed by atoms with Crippen molar-refractivity contribution in [2.45, 2.75) is 15.5 Å². The summed E-state index contributed by atoms with van der Waals surface area (Å²) < 4.78 is 27.4. The van der Waals surface area contributed by atoms with Gasteiger partial charge in [-0.15, -0.1) is 0 Å². The first kappa shape index (κ1) is 24.5. The van der Waals surface area contributed by atoms with Crippen LogP contribution in [0.25, 0.3) is 6.08 Å². The van der Waals surface area contributed by atoms with Gasteiger partial charge in [-0.1, -0.05) is 55.8 Å². The molecule has 4 rings (SSSR count). The molecular weight excluding hydrogens is 612 g/mol. The number of halogens is 2. The molecule has 174 valence electrons. The molecule has 0 aliphatic carbocycles. The summed E-state index contributed by atoms with van der Waals surface area (Å²) in [5, 5.41) is 23.3. The normalized spacial score (nSPS) is 14.5. The molecule has 0 spiro atoms. The van der Waals surface area contributed by atoms with E-state index in [1.165, 1.54) is 36.4 Å². The number of anilines is 1. The van der Waals surface area contributed by atoms with Crippen LogP contribution in [0.4, 0.5) is 11.4 Å². The van der Waals surface area contributed by atoms with Gasteiger partial charge in [0.05, 0.1) is 26.2 Å². The highest BCUT2D eigenvalue weighted by Crippen LogP contribution is 2.41. The summed E-state index contributed by atoms with van der Waals surface area (Å²) >= 11 is 7.87. The number of amides is 1. The van der Waals surface area contributed by atoms with Crippen molar-refractivity contribution in [3.8, 4) is 5.75 Å². The predicted octanol–water partition coefficient (Wildman–Crippen LogP) is 5.88. The molecule has 0 unspecified atom stereocenters. The molecule has 8 nitrogen and oxygen atoms in total. The van der Waals surface area contributed by atoms with Crippen molar-refractivity contribution in [3.63, 3.8) is 0 Å². The van der Waals surface area contributed by atoms with E-state index in [0.717, 1.165) is 11.8 Å². The number of thioether (sulfide) groups is 1. The fraction of sp³-hybridized carbons (Fsp3) is 0.0455. The predicted molar refractivity (Wildman–Crippen MR) is 136 cm³/mol. The summed E-state index contributed by atoms with van der Waals surface area (Å²) in [5.74, 6) is -1.18. The van der Waals surface area contributed by atoms with Crippen LogP contribution < -0.4 is 5.32 Å².